The summed E-state index contributed by atoms with van der Waals surface area (Å²) in [7, 11) is -4.05. The second kappa shape index (κ2) is 6.04. The summed E-state index contributed by atoms with van der Waals surface area (Å²) in [6.45, 7) is 1.68. The van der Waals surface area contributed by atoms with Gasteiger partial charge in [0.2, 0.25) is 10.0 Å². The fraction of sp³-hybridized carbons (Fsp3) is 0.0714. The van der Waals surface area contributed by atoms with Crippen LogP contribution in [0.15, 0.2) is 41.3 Å². The van der Waals surface area contributed by atoms with Gasteiger partial charge < -0.3 is 5.32 Å². The molecule has 2 rings (SSSR count). The number of carbonyl (C=O) groups excluding carboxylic acids is 1. The standard InChI is InChI=1S/C14H12ClFN2O3S/c1-8-4-10(16)7-11(5-8)18-14(19)9-2-3-12(15)13(6-9)22(17,20)21/h2-7H,1H3,(H,18,19)(H2,17,20,21). The van der Waals surface area contributed by atoms with Gasteiger partial charge in [0, 0.05) is 11.3 Å². The Kier molecular flexibility index (Phi) is 4.50. The van der Waals surface area contributed by atoms with Gasteiger partial charge in [-0.3, -0.25) is 4.79 Å². The normalized spacial score (nSPS) is 11.3. The Bertz CT molecular complexity index is 833. The highest BCUT2D eigenvalue weighted by atomic mass is 35.5. The van der Waals surface area contributed by atoms with Crippen LogP contribution in [0.3, 0.4) is 0 Å². The van der Waals surface area contributed by atoms with Crippen LogP contribution in [-0.2, 0) is 10.0 Å². The molecule has 2 aromatic carbocycles. The van der Waals surface area contributed by atoms with Gasteiger partial charge in [0.05, 0.1) is 5.02 Å². The van der Waals surface area contributed by atoms with Crippen LogP contribution >= 0.6 is 11.6 Å². The maximum atomic E-state index is 13.3. The van der Waals surface area contributed by atoms with E-state index in [1.165, 1.54) is 18.2 Å². The number of carbonyl (C=O) groups is 1. The number of nitrogens with two attached hydrogens (primary N) is 1. The van der Waals surface area contributed by atoms with E-state index < -0.39 is 21.7 Å². The predicted octanol–water partition coefficient (Wildman–Crippen LogP) is 2.69. The fourth-order valence-corrected chi connectivity index (χ4v) is 2.95. The van der Waals surface area contributed by atoms with E-state index in [4.69, 9.17) is 16.7 Å². The number of nitrogens with one attached hydrogen (secondary N) is 1. The van der Waals surface area contributed by atoms with Crippen molar-refractivity contribution in [2.45, 2.75) is 11.8 Å². The molecule has 0 aliphatic carbocycles. The maximum Gasteiger partial charge on any atom is 0.255 e. The summed E-state index contributed by atoms with van der Waals surface area (Å²) in [4.78, 5) is 11.8. The van der Waals surface area contributed by atoms with Crippen LogP contribution in [0.4, 0.5) is 10.1 Å². The zero-order chi connectivity index (χ0) is 16.5. The second-order valence-corrected chi connectivity index (χ2v) is 6.60. The lowest BCUT2D eigenvalue weighted by atomic mass is 10.2. The molecule has 1 amide bonds. The Morgan fingerprint density at radius 2 is 1.91 bits per heavy atom. The molecule has 0 heterocycles. The molecule has 3 N–H and O–H groups in total. The van der Waals surface area contributed by atoms with Crippen LogP contribution in [0.1, 0.15) is 15.9 Å². The average molecular weight is 343 g/mol. The van der Waals surface area contributed by atoms with Gasteiger partial charge in [0.15, 0.2) is 0 Å². The number of hydrogen-bond donors (Lipinski definition) is 2. The van der Waals surface area contributed by atoms with E-state index >= 15 is 0 Å². The van der Waals surface area contributed by atoms with Crippen LogP contribution in [0, 0.1) is 12.7 Å². The highest BCUT2D eigenvalue weighted by Crippen LogP contribution is 2.22. The van der Waals surface area contributed by atoms with Crippen molar-refractivity contribution in [3.8, 4) is 0 Å². The van der Waals surface area contributed by atoms with Gasteiger partial charge in [-0.1, -0.05) is 11.6 Å². The number of aryl methyl sites for hydroxylation is 1. The zero-order valence-corrected chi connectivity index (χ0v) is 13.0. The third-order valence-electron chi connectivity index (χ3n) is 2.80. The van der Waals surface area contributed by atoms with E-state index in [0.717, 1.165) is 12.1 Å². The summed E-state index contributed by atoms with van der Waals surface area (Å²) < 4.78 is 36.1. The zero-order valence-electron chi connectivity index (χ0n) is 11.4. The molecule has 8 heteroatoms. The molecule has 0 saturated carbocycles. The Morgan fingerprint density at radius 1 is 1.23 bits per heavy atom. The number of sulfonamides is 1. The van der Waals surface area contributed by atoms with Gasteiger partial charge in [0.25, 0.3) is 5.91 Å². The summed E-state index contributed by atoms with van der Waals surface area (Å²) in [6.07, 6.45) is 0. The van der Waals surface area contributed by atoms with E-state index in [-0.39, 0.29) is 21.2 Å². The lowest BCUT2D eigenvalue weighted by Gasteiger charge is -2.08. The summed E-state index contributed by atoms with van der Waals surface area (Å²) >= 11 is 5.75. The topological polar surface area (TPSA) is 89.3 Å². The molecule has 22 heavy (non-hydrogen) atoms. The van der Waals surface area contributed by atoms with Crippen molar-refractivity contribution < 1.29 is 17.6 Å². The number of primary sulfonamides is 1. The van der Waals surface area contributed by atoms with Gasteiger partial charge in [-0.2, -0.15) is 0 Å². The summed E-state index contributed by atoms with van der Waals surface area (Å²) in [6, 6.07) is 7.72. The minimum absolute atomic E-state index is 0.0374. The molecule has 0 aromatic heterocycles. The first-order chi connectivity index (χ1) is 10.2. The number of anilines is 1. The third-order valence-corrected chi connectivity index (χ3v) is 4.19. The second-order valence-electron chi connectivity index (χ2n) is 4.66. The molecule has 0 aliphatic rings. The lowest BCUT2D eigenvalue weighted by Crippen LogP contribution is -2.16. The largest absolute Gasteiger partial charge is 0.322 e. The van der Waals surface area contributed by atoms with Crippen molar-refractivity contribution in [2.75, 3.05) is 5.32 Å². The molecule has 0 fully saturated rings. The SMILES string of the molecule is Cc1cc(F)cc(NC(=O)c2ccc(Cl)c(S(N)(=O)=O)c2)c1. The number of rotatable bonds is 3. The third kappa shape index (κ3) is 3.82. The van der Waals surface area contributed by atoms with Crippen molar-refractivity contribution in [1.29, 1.82) is 0 Å². The monoisotopic (exact) mass is 342 g/mol. The highest BCUT2D eigenvalue weighted by Gasteiger charge is 2.16. The molecule has 0 unspecified atom stereocenters. The first-order valence-corrected chi connectivity index (χ1v) is 8.00. The van der Waals surface area contributed by atoms with Crippen molar-refractivity contribution in [3.63, 3.8) is 0 Å². The molecule has 0 bridgehead atoms. The molecular weight excluding hydrogens is 331 g/mol. The van der Waals surface area contributed by atoms with Crippen molar-refractivity contribution in [1.82, 2.24) is 0 Å². The van der Waals surface area contributed by atoms with Crippen molar-refractivity contribution in [2.24, 2.45) is 5.14 Å². The maximum absolute atomic E-state index is 13.3. The van der Waals surface area contributed by atoms with Crippen molar-refractivity contribution >= 4 is 33.2 Å². The van der Waals surface area contributed by atoms with E-state index in [1.807, 2.05) is 0 Å². The summed E-state index contributed by atoms with van der Waals surface area (Å²) in [5, 5.41) is 7.42. The van der Waals surface area contributed by atoms with Crippen LogP contribution in [0.5, 0.6) is 0 Å². The van der Waals surface area contributed by atoms with Gasteiger partial charge in [-0.25, -0.2) is 17.9 Å². The average Bonchev–Trinajstić information content (AvgIpc) is 2.36. The minimum atomic E-state index is -4.05. The van der Waals surface area contributed by atoms with Crippen LogP contribution in [-0.4, -0.2) is 14.3 Å². The van der Waals surface area contributed by atoms with Crippen LogP contribution in [0.2, 0.25) is 5.02 Å². The smallest absolute Gasteiger partial charge is 0.255 e. The predicted molar refractivity (Wildman–Crippen MR) is 81.9 cm³/mol. The highest BCUT2D eigenvalue weighted by molar-refractivity contribution is 7.89. The first-order valence-electron chi connectivity index (χ1n) is 6.08. The van der Waals surface area contributed by atoms with Gasteiger partial charge in [-0.05, 0) is 48.9 Å². The van der Waals surface area contributed by atoms with E-state index in [1.54, 1.807) is 13.0 Å². The molecule has 116 valence electrons. The number of benzene rings is 2. The van der Waals surface area contributed by atoms with Crippen LogP contribution < -0.4 is 10.5 Å². The van der Waals surface area contributed by atoms with E-state index in [0.29, 0.717) is 5.56 Å². The van der Waals surface area contributed by atoms with E-state index in [9.17, 15) is 17.6 Å². The van der Waals surface area contributed by atoms with Crippen molar-refractivity contribution in [3.05, 3.63) is 58.4 Å². The molecule has 0 radical (unpaired) electrons. The molecule has 0 atom stereocenters. The molecule has 2 aromatic rings. The molecular formula is C14H12ClFN2O3S. The minimum Gasteiger partial charge on any atom is -0.322 e. The number of hydrogen-bond acceptors (Lipinski definition) is 3. The molecule has 0 spiro atoms. The Balaban J connectivity index is 2.34. The Labute approximate surface area is 131 Å². The lowest BCUT2D eigenvalue weighted by molar-refractivity contribution is 0.102. The summed E-state index contributed by atoms with van der Waals surface area (Å²) in [5.74, 6) is -1.09. The number of amides is 1. The Hall–Kier alpha value is -1.96. The fourth-order valence-electron chi connectivity index (χ4n) is 1.87. The molecule has 0 saturated heterocycles. The van der Waals surface area contributed by atoms with Crippen LogP contribution in [0.25, 0.3) is 0 Å². The molecule has 0 aliphatic heterocycles. The van der Waals surface area contributed by atoms with Gasteiger partial charge in [0.1, 0.15) is 10.7 Å². The summed E-state index contributed by atoms with van der Waals surface area (Å²) in [5.41, 5.74) is 0.932. The Morgan fingerprint density at radius 3 is 2.50 bits per heavy atom. The quantitative estimate of drug-likeness (QED) is 0.898. The first kappa shape index (κ1) is 16.4. The number of halogens is 2. The van der Waals surface area contributed by atoms with E-state index in [2.05, 4.69) is 5.32 Å². The molecule has 5 nitrogen and oxygen atoms in total. The van der Waals surface area contributed by atoms with Gasteiger partial charge in [-0.15, -0.1) is 0 Å². The van der Waals surface area contributed by atoms with Gasteiger partial charge >= 0.3 is 0 Å².